The van der Waals surface area contributed by atoms with Crippen LogP contribution in [0.15, 0.2) is 23.3 Å². The lowest BCUT2D eigenvalue weighted by atomic mass is 9.92. The first kappa shape index (κ1) is 25.5. The zero-order chi connectivity index (χ0) is 21.5. The second-order valence-corrected chi connectivity index (χ2v) is 9.35. The number of likely N-dealkylation sites (tertiary alicyclic amines) is 1. The Morgan fingerprint density at radius 2 is 2.00 bits per heavy atom. The smallest absolute Gasteiger partial charge is 0.191 e. The van der Waals surface area contributed by atoms with Crippen LogP contribution in [-0.4, -0.2) is 73.9 Å². The molecule has 32 heavy (non-hydrogen) atoms. The van der Waals surface area contributed by atoms with Gasteiger partial charge in [0.25, 0.3) is 0 Å². The van der Waals surface area contributed by atoms with Gasteiger partial charge in [-0.05, 0) is 56.8 Å². The van der Waals surface area contributed by atoms with Crippen molar-refractivity contribution in [3.63, 3.8) is 0 Å². The fourth-order valence-corrected chi connectivity index (χ4v) is 5.25. The molecule has 8 heteroatoms. The van der Waals surface area contributed by atoms with Crippen LogP contribution < -0.4 is 15.5 Å². The maximum Gasteiger partial charge on any atom is 0.191 e. The van der Waals surface area contributed by atoms with E-state index in [0.29, 0.717) is 6.04 Å². The molecule has 2 N–H and O–H groups in total. The first-order valence-electron chi connectivity index (χ1n) is 12.2. The zero-order valence-corrected chi connectivity index (χ0v) is 22.1. The molecule has 0 amide bonds. The molecule has 2 saturated heterocycles. The van der Waals surface area contributed by atoms with E-state index < -0.39 is 0 Å². The van der Waals surface area contributed by atoms with E-state index in [0.717, 1.165) is 50.6 Å². The third kappa shape index (κ3) is 7.18. The Morgan fingerprint density at radius 1 is 1.16 bits per heavy atom. The molecule has 180 valence electrons. The number of morpholine rings is 1. The van der Waals surface area contributed by atoms with Crippen molar-refractivity contribution >= 4 is 35.8 Å². The largest absolute Gasteiger partial charge is 0.375 e. The monoisotopic (exact) mass is 556 g/mol. The van der Waals surface area contributed by atoms with Crippen LogP contribution in [0.5, 0.6) is 0 Å². The van der Waals surface area contributed by atoms with Gasteiger partial charge in [0.2, 0.25) is 0 Å². The van der Waals surface area contributed by atoms with Gasteiger partial charge in [-0.25, -0.2) is 4.98 Å². The van der Waals surface area contributed by atoms with Crippen molar-refractivity contribution in [2.24, 2.45) is 4.99 Å². The Balaban J connectivity index is 0.00000289. The normalized spacial score (nSPS) is 25.8. The maximum atomic E-state index is 5.66. The second-order valence-electron chi connectivity index (χ2n) is 9.35. The summed E-state index contributed by atoms with van der Waals surface area (Å²) in [4.78, 5) is 14.1. The van der Waals surface area contributed by atoms with Crippen LogP contribution in [0.1, 0.15) is 57.4 Å². The van der Waals surface area contributed by atoms with Crippen LogP contribution in [0, 0.1) is 0 Å². The molecule has 7 nitrogen and oxygen atoms in total. The highest BCUT2D eigenvalue weighted by Gasteiger charge is 2.27. The molecule has 1 saturated carbocycles. The SMILES string of the molecule is CN=C(NCc1ccnc(N2CCOC(C)C2)c1)NC1CCCN(C2CCCCC2)C1.I. The van der Waals surface area contributed by atoms with E-state index >= 15 is 0 Å². The molecule has 3 fully saturated rings. The molecule has 0 bridgehead atoms. The Hall–Kier alpha value is -1.13. The summed E-state index contributed by atoms with van der Waals surface area (Å²) >= 11 is 0. The van der Waals surface area contributed by atoms with Crippen LogP contribution >= 0.6 is 24.0 Å². The van der Waals surface area contributed by atoms with Gasteiger partial charge in [-0.15, -0.1) is 24.0 Å². The number of piperidine rings is 1. The summed E-state index contributed by atoms with van der Waals surface area (Å²) in [7, 11) is 1.87. The molecule has 2 unspecified atom stereocenters. The molecule has 0 radical (unpaired) electrons. The number of nitrogens with one attached hydrogen (secondary N) is 2. The Kier molecular flexibility index (Phi) is 10.3. The van der Waals surface area contributed by atoms with Crippen LogP contribution in [0.25, 0.3) is 0 Å². The third-order valence-electron chi connectivity index (χ3n) is 6.94. The molecule has 3 heterocycles. The van der Waals surface area contributed by atoms with Gasteiger partial charge < -0.3 is 20.3 Å². The van der Waals surface area contributed by atoms with Crippen LogP contribution in [-0.2, 0) is 11.3 Å². The number of hydrogen-bond donors (Lipinski definition) is 2. The highest BCUT2D eigenvalue weighted by atomic mass is 127. The second kappa shape index (κ2) is 12.9. The molecule has 4 rings (SSSR count). The lowest BCUT2D eigenvalue weighted by Gasteiger charge is -2.40. The highest BCUT2D eigenvalue weighted by molar-refractivity contribution is 14.0. The molecule has 1 aromatic heterocycles. The van der Waals surface area contributed by atoms with E-state index in [1.165, 1.54) is 57.1 Å². The van der Waals surface area contributed by atoms with E-state index in [1.54, 1.807) is 0 Å². The first-order valence-corrected chi connectivity index (χ1v) is 12.2. The molecule has 3 aliphatic rings. The maximum absolute atomic E-state index is 5.66. The van der Waals surface area contributed by atoms with Gasteiger partial charge in [-0.2, -0.15) is 0 Å². The molecule has 0 aromatic carbocycles. The number of guanidine groups is 1. The average Bonchev–Trinajstić information content (AvgIpc) is 2.83. The lowest BCUT2D eigenvalue weighted by molar-refractivity contribution is 0.0529. The van der Waals surface area contributed by atoms with Gasteiger partial charge in [0.05, 0.1) is 12.7 Å². The molecule has 1 aromatic rings. The predicted octanol–water partition coefficient (Wildman–Crippen LogP) is 3.39. The summed E-state index contributed by atoms with van der Waals surface area (Å²) in [6.07, 6.45) is 11.6. The fourth-order valence-electron chi connectivity index (χ4n) is 5.25. The summed E-state index contributed by atoms with van der Waals surface area (Å²) in [5.41, 5.74) is 1.22. The summed E-state index contributed by atoms with van der Waals surface area (Å²) < 4.78 is 5.66. The molecular formula is C24H41IN6O. The summed E-state index contributed by atoms with van der Waals surface area (Å²) in [6.45, 7) is 7.82. The summed E-state index contributed by atoms with van der Waals surface area (Å²) in [6, 6.07) is 5.54. The minimum Gasteiger partial charge on any atom is -0.375 e. The van der Waals surface area contributed by atoms with Crippen molar-refractivity contribution in [3.05, 3.63) is 23.9 Å². The van der Waals surface area contributed by atoms with Crippen LogP contribution in [0.3, 0.4) is 0 Å². The lowest BCUT2D eigenvalue weighted by Crippen LogP contribution is -2.53. The number of ether oxygens (including phenoxy) is 1. The average molecular weight is 557 g/mol. The summed E-state index contributed by atoms with van der Waals surface area (Å²) in [5.74, 6) is 1.93. The fraction of sp³-hybridized carbons (Fsp3) is 0.750. The van der Waals surface area contributed by atoms with Gasteiger partial charge >= 0.3 is 0 Å². The minimum atomic E-state index is 0. The van der Waals surface area contributed by atoms with Gasteiger partial charge in [0.15, 0.2) is 5.96 Å². The van der Waals surface area contributed by atoms with Crippen molar-refractivity contribution in [2.75, 3.05) is 44.7 Å². The Morgan fingerprint density at radius 3 is 2.78 bits per heavy atom. The van der Waals surface area contributed by atoms with Gasteiger partial charge in [-0.1, -0.05) is 19.3 Å². The molecule has 2 aliphatic heterocycles. The first-order chi connectivity index (χ1) is 15.2. The van der Waals surface area contributed by atoms with Crippen molar-refractivity contribution in [1.29, 1.82) is 0 Å². The number of aromatic nitrogens is 1. The zero-order valence-electron chi connectivity index (χ0n) is 19.8. The van der Waals surface area contributed by atoms with Crippen molar-refractivity contribution < 1.29 is 4.74 Å². The molecule has 0 spiro atoms. The van der Waals surface area contributed by atoms with Crippen LogP contribution in [0.4, 0.5) is 5.82 Å². The third-order valence-corrected chi connectivity index (χ3v) is 6.94. The van der Waals surface area contributed by atoms with Crippen molar-refractivity contribution in [3.8, 4) is 0 Å². The topological polar surface area (TPSA) is 65.0 Å². The number of pyridine rings is 1. The standard InChI is InChI=1S/C24H40N6O.HI/c1-19-17-30(13-14-31-19)23-15-20(10-11-26-23)16-27-24(25-2)28-21-7-6-12-29(18-21)22-8-4-3-5-9-22;/h10-11,15,19,21-22H,3-9,12-14,16-18H2,1-2H3,(H2,25,27,28);1H. The van der Waals surface area contributed by atoms with Crippen molar-refractivity contribution in [2.45, 2.75) is 76.6 Å². The highest BCUT2D eigenvalue weighted by Crippen LogP contribution is 2.25. The Bertz CT molecular complexity index is 726. The predicted molar refractivity (Wildman–Crippen MR) is 142 cm³/mol. The van der Waals surface area contributed by atoms with Gasteiger partial charge in [0, 0.05) is 51.5 Å². The van der Waals surface area contributed by atoms with E-state index in [4.69, 9.17) is 4.74 Å². The number of aliphatic imine (C=N–C) groups is 1. The molecular weight excluding hydrogens is 515 g/mol. The quantitative estimate of drug-likeness (QED) is 0.330. The van der Waals surface area contributed by atoms with Gasteiger partial charge in [-0.3, -0.25) is 9.89 Å². The molecule has 2 atom stereocenters. The minimum absolute atomic E-state index is 0. The number of rotatable bonds is 5. The van der Waals surface area contributed by atoms with Crippen molar-refractivity contribution in [1.82, 2.24) is 20.5 Å². The van der Waals surface area contributed by atoms with E-state index in [1.807, 2.05) is 13.2 Å². The number of anilines is 1. The number of halogens is 1. The van der Waals surface area contributed by atoms with E-state index in [-0.39, 0.29) is 30.1 Å². The Labute approximate surface area is 210 Å². The molecule has 1 aliphatic carbocycles. The summed E-state index contributed by atoms with van der Waals surface area (Å²) in [5, 5.41) is 7.20. The number of nitrogens with zero attached hydrogens (tertiary/aromatic N) is 4. The van der Waals surface area contributed by atoms with E-state index in [9.17, 15) is 0 Å². The van der Waals surface area contributed by atoms with E-state index in [2.05, 4.69) is 49.5 Å². The van der Waals surface area contributed by atoms with Crippen LogP contribution in [0.2, 0.25) is 0 Å². The number of hydrogen-bond acceptors (Lipinski definition) is 5. The van der Waals surface area contributed by atoms with Gasteiger partial charge in [0.1, 0.15) is 5.82 Å².